The normalized spacial score (nSPS) is 10.7. The number of nitrogen functional groups attached to an aromatic ring is 1. The lowest BCUT2D eigenvalue weighted by Crippen LogP contribution is -2.17. The monoisotopic (exact) mass is 375 g/mol. The van der Waals surface area contributed by atoms with E-state index in [0.29, 0.717) is 17.9 Å². The number of nitrogens with one attached hydrogen (secondary N) is 1. The van der Waals surface area contributed by atoms with Crippen molar-refractivity contribution in [3.05, 3.63) is 58.1 Å². The van der Waals surface area contributed by atoms with Crippen molar-refractivity contribution < 1.29 is 9.53 Å². The van der Waals surface area contributed by atoms with Crippen LogP contribution in [0.25, 0.3) is 0 Å². The number of amides is 1. The molecule has 2 aromatic carbocycles. The van der Waals surface area contributed by atoms with Crippen LogP contribution in [0.15, 0.2) is 52.0 Å². The quantitative estimate of drug-likeness (QED) is 0.460. The van der Waals surface area contributed by atoms with Crippen LogP contribution in [0.4, 0.5) is 5.69 Å². The smallest absolute Gasteiger partial charge is 0.271 e. The standard InChI is InChI=1S/C17H18BrN3O2/c1-2-9-23-16-8-3-12(10-15(16)18)11-20-21-17(22)13-4-6-14(19)7-5-13/h3-8,10-11H,2,9,19H2,1H3,(H,21,22)/b20-11-. The average molecular weight is 376 g/mol. The summed E-state index contributed by atoms with van der Waals surface area (Å²) in [5.74, 6) is 0.498. The predicted molar refractivity (Wildman–Crippen MR) is 95.8 cm³/mol. The van der Waals surface area contributed by atoms with E-state index in [4.69, 9.17) is 10.5 Å². The zero-order valence-corrected chi connectivity index (χ0v) is 14.3. The van der Waals surface area contributed by atoms with Crippen molar-refractivity contribution in [1.82, 2.24) is 5.43 Å². The van der Waals surface area contributed by atoms with Gasteiger partial charge in [0.2, 0.25) is 0 Å². The summed E-state index contributed by atoms with van der Waals surface area (Å²) in [6.45, 7) is 2.72. The Morgan fingerprint density at radius 2 is 2.04 bits per heavy atom. The summed E-state index contributed by atoms with van der Waals surface area (Å²) in [5.41, 5.74) is 10.0. The molecule has 5 nitrogen and oxygen atoms in total. The minimum atomic E-state index is -0.289. The SMILES string of the molecule is CCCOc1ccc(/C=N\NC(=O)c2ccc(N)cc2)cc1Br. The largest absolute Gasteiger partial charge is 0.492 e. The van der Waals surface area contributed by atoms with E-state index in [2.05, 4.69) is 33.4 Å². The first-order chi connectivity index (χ1) is 11.1. The van der Waals surface area contributed by atoms with Crippen LogP contribution < -0.4 is 15.9 Å². The van der Waals surface area contributed by atoms with Crippen molar-refractivity contribution in [2.45, 2.75) is 13.3 Å². The van der Waals surface area contributed by atoms with Crippen molar-refractivity contribution in [2.24, 2.45) is 5.10 Å². The van der Waals surface area contributed by atoms with Gasteiger partial charge in [-0.05, 0) is 70.4 Å². The van der Waals surface area contributed by atoms with E-state index in [1.807, 2.05) is 18.2 Å². The van der Waals surface area contributed by atoms with E-state index in [0.717, 1.165) is 22.2 Å². The third kappa shape index (κ3) is 5.10. The third-order valence-corrected chi connectivity index (χ3v) is 3.59. The van der Waals surface area contributed by atoms with Gasteiger partial charge in [-0.1, -0.05) is 6.92 Å². The van der Waals surface area contributed by atoms with Crippen LogP contribution in [-0.4, -0.2) is 18.7 Å². The molecule has 0 radical (unpaired) electrons. The van der Waals surface area contributed by atoms with Gasteiger partial charge in [0, 0.05) is 11.3 Å². The number of ether oxygens (including phenoxy) is 1. The number of anilines is 1. The van der Waals surface area contributed by atoms with Crippen LogP contribution in [0.5, 0.6) is 5.75 Å². The molecule has 0 saturated carbocycles. The molecule has 120 valence electrons. The molecule has 3 N–H and O–H groups in total. The topological polar surface area (TPSA) is 76.7 Å². The summed E-state index contributed by atoms with van der Waals surface area (Å²) in [6.07, 6.45) is 2.52. The maximum atomic E-state index is 11.9. The molecule has 0 saturated heterocycles. The maximum Gasteiger partial charge on any atom is 0.271 e. The Morgan fingerprint density at radius 1 is 1.30 bits per heavy atom. The average Bonchev–Trinajstić information content (AvgIpc) is 2.54. The molecule has 0 spiro atoms. The van der Waals surface area contributed by atoms with Gasteiger partial charge in [-0.25, -0.2) is 5.43 Å². The number of rotatable bonds is 6. The van der Waals surface area contributed by atoms with E-state index in [1.54, 1.807) is 30.5 Å². The van der Waals surface area contributed by atoms with Crippen LogP contribution in [0, 0.1) is 0 Å². The number of hydrogen-bond acceptors (Lipinski definition) is 4. The second kappa shape index (κ2) is 8.33. The summed E-state index contributed by atoms with van der Waals surface area (Å²) < 4.78 is 6.43. The van der Waals surface area contributed by atoms with E-state index < -0.39 is 0 Å². The number of carbonyl (C=O) groups excluding carboxylic acids is 1. The van der Waals surface area contributed by atoms with E-state index in [-0.39, 0.29) is 5.91 Å². The van der Waals surface area contributed by atoms with Gasteiger partial charge >= 0.3 is 0 Å². The molecule has 6 heteroatoms. The van der Waals surface area contributed by atoms with E-state index in [9.17, 15) is 4.79 Å². The Morgan fingerprint density at radius 3 is 2.70 bits per heavy atom. The Balaban J connectivity index is 1.96. The predicted octanol–water partition coefficient (Wildman–Crippen LogP) is 3.58. The molecule has 0 bridgehead atoms. The highest BCUT2D eigenvalue weighted by atomic mass is 79.9. The Bertz CT molecular complexity index is 699. The van der Waals surface area contributed by atoms with Gasteiger partial charge in [0.1, 0.15) is 5.75 Å². The summed E-state index contributed by atoms with van der Waals surface area (Å²) in [7, 11) is 0. The zero-order chi connectivity index (χ0) is 16.7. The van der Waals surface area contributed by atoms with Gasteiger partial charge in [-0.2, -0.15) is 5.10 Å². The van der Waals surface area contributed by atoms with Crippen molar-refractivity contribution in [3.63, 3.8) is 0 Å². The molecule has 2 rings (SSSR count). The first-order valence-corrected chi connectivity index (χ1v) is 8.00. The van der Waals surface area contributed by atoms with Gasteiger partial charge in [0.05, 0.1) is 17.3 Å². The fourth-order valence-corrected chi connectivity index (χ4v) is 2.30. The second-order valence-electron chi connectivity index (χ2n) is 4.86. The van der Waals surface area contributed by atoms with Gasteiger partial charge in [-0.15, -0.1) is 0 Å². The second-order valence-corrected chi connectivity index (χ2v) is 5.71. The Kier molecular flexibility index (Phi) is 6.17. The van der Waals surface area contributed by atoms with Gasteiger partial charge < -0.3 is 10.5 Å². The minimum Gasteiger partial charge on any atom is -0.492 e. The molecule has 0 atom stereocenters. The number of carbonyl (C=O) groups is 1. The number of benzene rings is 2. The highest BCUT2D eigenvalue weighted by Gasteiger charge is 2.04. The lowest BCUT2D eigenvalue weighted by atomic mass is 10.2. The number of hydrogen-bond donors (Lipinski definition) is 2. The van der Waals surface area contributed by atoms with Gasteiger partial charge in [0.25, 0.3) is 5.91 Å². The molecular formula is C17H18BrN3O2. The molecular weight excluding hydrogens is 358 g/mol. The molecule has 23 heavy (non-hydrogen) atoms. The highest BCUT2D eigenvalue weighted by molar-refractivity contribution is 9.10. The summed E-state index contributed by atoms with van der Waals surface area (Å²) in [6, 6.07) is 12.3. The Hall–Kier alpha value is -2.34. The van der Waals surface area contributed by atoms with Crippen LogP contribution in [0.2, 0.25) is 0 Å². The first kappa shape index (κ1) is 17.0. The summed E-state index contributed by atoms with van der Waals surface area (Å²) in [4.78, 5) is 11.9. The van der Waals surface area contributed by atoms with Crippen LogP contribution in [0.1, 0.15) is 29.3 Å². The molecule has 0 aliphatic carbocycles. The Labute approximate surface area is 143 Å². The molecule has 2 aromatic rings. The van der Waals surface area contributed by atoms with Crippen molar-refractivity contribution in [1.29, 1.82) is 0 Å². The molecule has 0 heterocycles. The van der Waals surface area contributed by atoms with Crippen molar-refractivity contribution in [2.75, 3.05) is 12.3 Å². The third-order valence-electron chi connectivity index (χ3n) is 2.97. The maximum absolute atomic E-state index is 11.9. The van der Waals surface area contributed by atoms with E-state index >= 15 is 0 Å². The number of halogens is 1. The number of nitrogens with two attached hydrogens (primary N) is 1. The van der Waals surface area contributed by atoms with Crippen molar-refractivity contribution in [3.8, 4) is 5.75 Å². The molecule has 0 aliphatic rings. The molecule has 0 aromatic heterocycles. The lowest BCUT2D eigenvalue weighted by Gasteiger charge is -2.07. The fourth-order valence-electron chi connectivity index (χ4n) is 1.79. The summed E-state index contributed by atoms with van der Waals surface area (Å²) >= 11 is 3.46. The highest BCUT2D eigenvalue weighted by Crippen LogP contribution is 2.25. The fraction of sp³-hybridized carbons (Fsp3) is 0.176. The minimum absolute atomic E-state index is 0.289. The van der Waals surface area contributed by atoms with Crippen LogP contribution in [0.3, 0.4) is 0 Å². The van der Waals surface area contributed by atoms with Crippen LogP contribution >= 0.6 is 15.9 Å². The lowest BCUT2D eigenvalue weighted by molar-refractivity contribution is 0.0955. The molecule has 0 fully saturated rings. The molecule has 0 unspecified atom stereocenters. The van der Waals surface area contributed by atoms with E-state index in [1.165, 1.54) is 0 Å². The van der Waals surface area contributed by atoms with Gasteiger partial charge in [0.15, 0.2) is 0 Å². The summed E-state index contributed by atoms with van der Waals surface area (Å²) in [5, 5.41) is 3.96. The van der Waals surface area contributed by atoms with Crippen molar-refractivity contribution >= 4 is 33.7 Å². The van der Waals surface area contributed by atoms with Crippen LogP contribution in [-0.2, 0) is 0 Å². The molecule has 1 amide bonds. The zero-order valence-electron chi connectivity index (χ0n) is 12.8. The van der Waals surface area contributed by atoms with Gasteiger partial charge in [-0.3, -0.25) is 4.79 Å². The number of nitrogens with zero attached hydrogens (tertiary/aromatic N) is 1. The molecule has 0 aliphatic heterocycles. The first-order valence-electron chi connectivity index (χ1n) is 7.21. The number of hydrazone groups is 1.